The van der Waals surface area contributed by atoms with E-state index >= 15 is 0 Å². The van der Waals surface area contributed by atoms with Crippen LogP contribution in [0.25, 0.3) is 6.08 Å². The molecule has 0 heterocycles. The molecule has 132 valence electrons. The van der Waals surface area contributed by atoms with Crippen molar-refractivity contribution in [1.82, 2.24) is 0 Å². The Labute approximate surface area is 162 Å². The maximum absolute atomic E-state index is 12.4. The number of nitrogens with one attached hydrogen (secondary N) is 1. The number of carbonyl (C=O) groups is 1. The van der Waals surface area contributed by atoms with Gasteiger partial charge in [-0.25, -0.2) is 0 Å². The first-order chi connectivity index (χ1) is 12.3. The molecule has 0 radical (unpaired) electrons. The highest BCUT2D eigenvalue weighted by Crippen LogP contribution is 2.28. The van der Waals surface area contributed by atoms with Crippen molar-refractivity contribution in [3.05, 3.63) is 67.1 Å². The van der Waals surface area contributed by atoms with Crippen molar-refractivity contribution in [2.24, 2.45) is 0 Å². The van der Waals surface area contributed by atoms with Crippen LogP contribution in [0.2, 0.25) is 5.02 Å². The molecule has 1 amide bonds. The van der Waals surface area contributed by atoms with Crippen LogP contribution < -0.4 is 10.1 Å². The second-order valence-corrected chi connectivity index (χ2v) is 6.25. The maximum Gasteiger partial charge on any atom is 0.271 e. The summed E-state index contributed by atoms with van der Waals surface area (Å²) in [5.74, 6) is -0.279. The van der Waals surface area contributed by atoms with Gasteiger partial charge in [-0.05, 0) is 30.3 Å². The molecule has 2 rings (SSSR count). The normalized spacial score (nSPS) is 10.8. The minimum absolute atomic E-state index is 0.0354. The molecule has 0 fully saturated rings. The molecule has 0 aliphatic heterocycles. The molecule has 2 aromatic rings. The maximum atomic E-state index is 12.4. The number of amides is 1. The number of hydrogen-bond donors (Lipinski definition) is 1. The third-order valence-corrected chi connectivity index (χ3v) is 4.09. The van der Waals surface area contributed by atoms with Gasteiger partial charge in [-0.1, -0.05) is 27.5 Å². The smallest absolute Gasteiger partial charge is 0.271 e. The number of nitriles is 1. The average molecular weight is 437 g/mol. The van der Waals surface area contributed by atoms with Crippen molar-refractivity contribution in [3.63, 3.8) is 0 Å². The first-order valence-electron chi connectivity index (χ1n) is 7.06. The summed E-state index contributed by atoms with van der Waals surface area (Å²) >= 11 is 9.27. The Morgan fingerprint density at radius 1 is 1.38 bits per heavy atom. The molecule has 0 aliphatic carbocycles. The van der Waals surface area contributed by atoms with Crippen LogP contribution in [0.4, 0.5) is 11.4 Å². The Morgan fingerprint density at radius 2 is 2.12 bits per heavy atom. The summed E-state index contributed by atoms with van der Waals surface area (Å²) in [5.41, 5.74) is 0.0942. The van der Waals surface area contributed by atoms with E-state index < -0.39 is 10.8 Å². The SMILES string of the molecule is COc1ccc(Br)cc1/C=C(\C#N)C(=O)Nc1cc([N+](=O)[O-])ccc1Cl. The number of methoxy groups -OCH3 is 1. The van der Waals surface area contributed by atoms with E-state index in [1.165, 1.54) is 25.3 Å². The third kappa shape index (κ3) is 4.59. The number of nitro benzene ring substituents is 1. The number of nitro groups is 1. The fourth-order valence-electron chi connectivity index (χ4n) is 2.03. The van der Waals surface area contributed by atoms with Gasteiger partial charge >= 0.3 is 0 Å². The van der Waals surface area contributed by atoms with Crippen molar-refractivity contribution in [3.8, 4) is 11.8 Å². The van der Waals surface area contributed by atoms with Crippen LogP contribution in [0.15, 0.2) is 46.4 Å². The lowest BCUT2D eigenvalue weighted by molar-refractivity contribution is -0.384. The predicted octanol–water partition coefficient (Wildman–Crippen LogP) is 4.56. The predicted molar refractivity (Wildman–Crippen MR) is 101 cm³/mol. The number of hydrogen-bond acceptors (Lipinski definition) is 5. The van der Waals surface area contributed by atoms with Gasteiger partial charge in [-0.15, -0.1) is 0 Å². The van der Waals surface area contributed by atoms with Gasteiger partial charge in [0.05, 0.1) is 22.7 Å². The molecule has 0 aromatic heterocycles. The lowest BCUT2D eigenvalue weighted by atomic mass is 10.1. The number of benzene rings is 2. The molecule has 0 bridgehead atoms. The van der Waals surface area contributed by atoms with E-state index in [0.29, 0.717) is 11.3 Å². The molecule has 0 aliphatic rings. The van der Waals surface area contributed by atoms with Crippen LogP contribution >= 0.6 is 27.5 Å². The highest BCUT2D eigenvalue weighted by Gasteiger charge is 2.16. The van der Waals surface area contributed by atoms with Crippen molar-refractivity contribution in [1.29, 1.82) is 5.26 Å². The molecular formula is C17H11BrClN3O4. The Kier molecular flexibility index (Phi) is 6.33. The summed E-state index contributed by atoms with van der Waals surface area (Å²) in [5, 5.41) is 22.7. The first-order valence-corrected chi connectivity index (χ1v) is 8.23. The molecule has 0 unspecified atom stereocenters. The molecule has 2 aromatic carbocycles. The summed E-state index contributed by atoms with van der Waals surface area (Å²) in [6.07, 6.45) is 1.35. The fourth-order valence-corrected chi connectivity index (χ4v) is 2.58. The first kappa shape index (κ1) is 19.4. The lowest BCUT2D eigenvalue weighted by Gasteiger charge is -2.08. The highest BCUT2D eigenvalue weighted by atomic mass is 79.9. The monoisotopic (exact) mass is 435 g/mol. The van der Waals surface area contributed by atoms with Crippen LogP contribution in [0, 0.1) is 21.4 Å². The van der Waals surface area contributed by atoms with Gasteiger partial charge in [0.1, 0.15) is 17.4 Å². The number of rotatable bonds is 5. The van der Waals surface area contributed by atoms with Crippen LogP contribution in [-0.4, -0.2) is 17.9 Å². The number of halogens is 2. The minimum Gasteiger partial charge on any atom is -0.496 e. The summed E-state index contributed by atoms with van der Waals surface area (Å²) in [7, 11) is 1.47. The number of non-ortho nitro benzene ring substituents is 1. The zero-order valence-corrected chi connectivity index (χ0v) is 15.7. The summed E-state index contributed by atoms with van der Waals surface area (Å²) in [6.45, 7) is 0. The van der Waals surface area contributed by atoms with Gasteiger partial charge in [0.2, 0.25) is 0 Å². The largest absolute Gasteiger partial charge is 0.496 e. The highest BCUT2D eigenvalue weighted by molar-refractivity contribution is 9.10. The van der Waals surface area contributed by atoms with Gasteiger partial charge in [0, 0.05) is 22.2 Å². The van der Waals surface area contributed by atoms with Gasteiger partial charge in [0.25, 0.3) is 11.6 Å². The van der Waals surface area contributed by atoms with Crippen molar-refractivity contribution in [2.75, 3.05) is 12.4 Å². The number of ether oxygens (including phenoxy) is 1. The summed E-state index contributed by atoms with van der Waals surface area (Å²) in [6, 6.07) is 10.5. The lowest BCUT2D eigenvalue weighted by Crippen LogP contribution is -2.14. The number of nitrogens with zero attached hydrogens (tertiary/aromatic N) is 2. The molecule has 26 heavy (non-hydrogen) atoms. The van der Waals surface area contributed by atoms with Crippen molar-refractivity contribution >= 4 is 50.9 Å². The number of anilines is 1. The van der Waals surface area contributed by atoms with Gasteiger partial charge in [-0.2, -0.15) is 5.26 Å². The van der Waals surface area contributed by atoms with Gasteiger partial charge in [-0.3, -0.25) is 14.9 Å². The second kappa shape index (κ2) is 8.47. The van der Waals surface area contributed by atoms with E-state index in [1.54, 1.807) is 24.3 Å². The standard InChI is InChI=1S/C17H11BrClN3O4/c1-26-16-5-2-12(18)7-10(16)6-11(9-20)17(23)21-15-8-13(22(24)25)3-4-14(15)19/h2-8H,1H3,(H,21,23)/b11-6+. The van der Waals surface area contributed by atoms with E-state index in [2.05, 4.69) is 21.2 Å². The number of carbonyl (C=O) groups excluding carboxylic acids is 1. The Balaban J connectivity index is 2.36. The average Bonchev–Trinajstić information content (AvgIpc) is 2.61. The summed E-state index contributed by atoms with van der Waals surface area (Å²) in [4.78, 5) is 22.6. The molecule has 0 saturated heterocycles. The van der Waals surface area contributed by atoms with Crippen LogP contribution in [0.3, 0.4) is 0 Å². The molecule has 7 nitrogen and oxygen atoms in total. The van der Waals surface area contributed by atoms with E-state index in [9.17, 15) is 20.2 Å². The molecule has 0 atom stereocenters. The van der Waals surface area contributed by atoms with Gasteiger partial charge < -0.3 is 10.1 Å². The Bertz CT molecular complexity index is 954. The molecular weight excluding hydrogens is 426 g/mol. The van der Waals surface area contributed by atoms with Gasteiger partial charge in [0.15, 0.2) is 0 Å². The van der Waals surface area contributed by atoms with E-state index in [4.69, 9.17) is 16.3 Å². The van der Waals surface area contributed by atoms with Crippen LogP contribution in [0.1, 0.15) is 5.56 Å². The molecule has 1 N–H and O–H groups in total. The minimum atomic E-state index is -0.753. The fraction of sp³-hybridized carbons (Fsp3) is 0.0588. The molecule has 9 heteroatoms. The topological polar surface area (TPSA) is 105 Å². The van der Waals surface area contributed by atoms with Crippen molar-refractivity contribution < 1.29 is 14.5 Å². The van der Waals surface area contributed by atoms with E-state index in [1.807, 2.05) is 0 Å². The summed E-state index contributed by atoms with van der Waals surface area (Å²) < 4.78 is 5.94. The Hall–Kier alpha value is -2.89. The third-order valence-electron chi connectivity index (χ3n) is 3.27. The Morgan fingerprint density at radius 3 is 2.73 bits per heavy atom. The van der Waals surface area contributed by atoms with Crippen LogP contribution in [0.5, 0.6) is 5.75 Å². The van der Waals surface area contributed by atoms with Crippen LogP contribution in [-0.2, 0) is 4.79 Å². The van der Waals surface area contributed by atoms with Crippen molar-refractivity contribution in [2.45, 2.75) is 0 Å². The zero-order valence-electron chi connectivity index (χ0n) is 13.3. The second-order valence-electron chi connectivity index (χ2n) is 4.93. The molecule has 0 spiro atoms. The van der Waals surface area contributed by atoms with E-state index in [-0.39, 0.29) is 22.0 Å². The molecule has 0 saturated carbocycles. The quantitative estimate of drug-likeness (QED) is 0.320. The van der Waals surface area contributed by atoms with E-state index in [0.717, 1.165) is 10.5 Å². The zero-order chi connectivity index (χ0) is 19.3.